The van der Waals surface area contributed by atoms with Gasteiger partial charge in [-0.3, -0.25) is 10.1 Å². The van der Waals surface area contributed by atoms with Crippen molar-refractivity contribution >= 4 is 22.4 Å². The van der Waals surface area contributed by atoms with Crippen molar-refractivity contribution in [2.75, 3.05) is 18.5 Å². The molecule has 20 heavy (non-hydrogen) atoms. The minimum atomic E-state index is -0.233. The zero-order chi connectivity index (χ0) is 13.8. The van der Waals surface area contributed by atoms with Crippen LogP contribution in [0.25, 0.3) is 0 Å². The Morgan fingerprint density at radius 1 is 1.45 bits per heavy atom. The summed E-state index contributed by atoms with van der Waals surface area (Å²) in [6, 6.07) is 3.37. The zero-order valence-corrected chi connectivity index (χ0v) is 11.4. The van der Waals surface area contributed by atoms with E-state index in [2.05, 4.69) is 15.3 Å². The van der Waals surface area contributed by atoms with Crippen LogP contribution in [-0.4, -0.2) is 35.2 Å². The van der Waals surface area contributed by atoms with Gasteiger partial charge >= 0.3 is 0 Å². The second-order valence-corrected chi connectivity index (χ2v) is 5.17. The van der Waals surface area contributed by atoms with Gasteiger partial charge in [0.25, 0.3) is 5.91 Å². The first-order chi connectivity index (χ1) is 9.81. The number of nitrogens with one attached hydrogen (secondary N) is 1. The van der Waals surface area contributed by atoms with Gasteiger partial charge in [0.2, 0.25) is 5.88 Å². The predicted octanol–water partition coefficient (Wildman–Crippen LogP) is 1.96. The lowest BCUT2D eigenvalue weighted by molar-refractivity contribution is 0.102. The van der Waals surface area contributed by atoms with Gasteiger partial charge in [0.1, 0.15) is 6.10 Å². The molecule has 1 aliphatic rings. The molecule has 1 aliphatic heterocycles. The van der Waals surface area contributed by atoms with Crippen LogP contribution in [0.5, 0.6) is 5.88 Å². The topological polar surface area (TPSA) is 73.3 Å². The molecule has 1 fully saturated rings. The Morgan fingerprint density at radius 3 is 3.05 bits per heavy atom. The SMILES string of the molecule is O=C(Nc1nccs1)c1ccc(OC2CCOC2)nc1. The van der Waals surface area contributed by atoms with E-state index in [1.54, 1.807) is 23.7 Å². The normalized spacial score (nSPS) is 17.9. The highest BCUT2D eigenvalue weighted by atomic mass is 32.1. The van der Waals surface area contributed by atoms with Crippen molar-refractivity contribution < 1.29 is 14.3 Å². The summed E-state index contributed by atoms with van der Waals surface area (Å²) in [6.07, 6.45) is 4.05. The van der Waals surface area contributed by atoms with E-state index in [4.69, 9.17) is 9.47 Å². The van der Waals surface area contributed by atoms with Gasteiger partial charge in [-0.1, -0.05) is 0 Å². The lowest BCUT2D eigenvalue weighted by Crippen LogP contribution is -2.17. The number of rotatable bonds is 4. The monoisotopic (exact) mass is 291 g/mol. The lowest BCUT2D eigenvalue weighted by Gasteiger charge is -2.10. The maximum absolute atomic E-state index is 11.9. The van der Waals surface area contributed by atoms with Crippen molar-refractivity contribution in [3.63, 3.8) is 0 Å². The summed E-state index contributed by atoms with van der Waals surface area (Å²) in [5, 5.41) is 5.07. The number of aromatic nitrogens is 2. The number of pyridine rings is 1. The molecule has 1 saturated heterocycles. The van der Waals surface area contributed by atoms with Crippen molar-refractivity contribution in [1.82, 2.24) is 9.97 Å². The van der Waals surface area contributed by atoms with E-state index >= 15 is 0 Å². The first-order valence-electron chi connectivity index (χ1n) is 6.22. The van der Waals surface area contributed by atoms with Crippen LogP contribution >= 0.6 is 11.3 Å². The number of anilines is 1. The van der Waals surface area contributed by atoms with Crippen LogP contribution in [0.4, 0.5) is 5.13 Å². The largest absolute Gasteiger partial charge is 0.472 e. The van der Waals surface area contributed by atoms with Crippen LogP contribution in [0.3, 0.4) is 0 Å². The Bertz CT molecular complexity index is 565. The number of hydrogen-bond donors (Lipinski definition) is 1. The van der Waals surface area contributed by atoms with Crippen LogP contribution in [0.15, 0.2) is 29.9 Å². The van der Waals surface area contributed by atoms with Crippen LogP contribution in [0.2, 0.25) is 0 Å². The fourth-order valence-corrected chi connectivity index (χ4v) is 2.34. The summed E-state index contributed by atoms with van der Waals surface area (Å²) in [4.78, 5) is 20.1. The molecule has 2 aromatic rings. The summed E-state index contributed by atoms with van der Waals surface area (Å²) in [7, 11) is 0. The minimum absolute atomic E-state index is 0.0532. The molecule has 0 bridgehead atoms. The second kappa shape index (κ2) is 5.98. The van der Waals surface area contributed by atoms with Crippen molar-refractivity contribution in [3.05, 3.63) is 35.5 Å². The van der Waals surface area contributed by atoms with Gasteiger partial charge in [-0.2, -0.15) is 0 Å². The van der Waals surface area contributed by atoms with Gasteiger partial charge in [-0.05, 0) is 6.07 Å². The summed E-state index contributed by atoms with van der Waals surface area (Å²) in [5.41, 5.74) is 0.468. The van der Waals surface area contributed by atoms with Crippen LogP contribution < -0.4 is 10.1 Å². The maximum Gasteiger partial charge on any atom is 0.259 e. The van der Waals surface area contributed by atoms with Crippen LogP contribution in [-0.2, 0) is 4.74 Å². The Morgan fingerprint density at radius 2 is 2.40 bits per heavy atom. The minimum Gasteiger partial charge on any atom is -0.472 e. The highest BCUT2D eigenvalue weighted by Crippen LogP contribution is 2.16. The molecule has 0 spiro atoms. The van der Waals surface area contributed by atoms with E-state index < -0.39 is 0 Å². The number of hydrogen-bond acceptors (Lipinski definition) is 6. The molecule has 0 radical (unpaired) electrons. The smallest absolute Gasteiger partial charge is 0.259 e. The Labute approximate surface area is 119 Å². The molecular weight excluding hydrogens is 278 g/mol. The Balaban J connectivity index is 1.61. The van der Waals surface area contributed by atoms with E-state index in [0.29, 0.717) is 23.2 Å². The van der Waals surface area contributed by atoms with Gasteiger partial charge < -0.3 is 9.47 Å². The molecule has 3 heterocycles. The predicted molar refractivity (Wildman–Crippen MR) is 74.2 cm³/mol. The molecule has 0 aliphatic carbocycles. The number of ether oxygens (including phenoxy) is 2. The average molecular weight is 291 g/mol. The molecule has 6 nitrogen and oxygen atoms in total. The molecule has 2 aromatic heterocycles. The molecular formula is C13H13N3O3S. The number of carbonyl (C=O) groups is 1. The second-order valence-electron chi connectivity index (χ2n) is 4.28. The van der Waals surface area contributed by atoms with E-state index in [9.17, 15) is 4.79 Å². The number of amides is 1. The first kappa shape index (κ1) is 13.0. The highest BCUT2D eigenvalue weighted by molar-refractivity contribution is 7.13. The molecule has 3 rings (SSSR count). The van der Waals surface area contributed by atoms with E-state index in [1.807, 2.05) is 0 Å². The maximum atomic E-state index is 11.9. The van der Waals surface area contributed by atoms with Crippen LogP contribution in [0, 0.1) is 0 Å². The third-order valence-electron chi connectivity index (χ3n) is 2.83. The molecule has 0 aromatic carbocycles. The Kier molecular flexibility index (Phi) is 3.89. The fraction of sp³-hybridized carbons (Fsp3) is 0.308. The average Bonchev–Trinajstić information content (AvgIpc) is 3.13. The lowest BCUT2D eigenvalue weighted by atomic mass is 10.2. The van der Waals surface area contributed by atoms with E-state index in [1.165, 1.54) is 17.5 Å². The van der Waals surface area contributed by atoms with Crippen molar-refractivity contribution in [1.29, 1.82) is 0 Å². The van der Waals surface area contributed by atoms with Gasteiger partial charge in [-0.15, -0.1) is 11.3 Å². The third kappa shape index (κ3) is 3.12. The van der Waals surface area contributed by atoms with Crippen LogP contribution in [0.1, 0.15) is 16.8 Å². The molecule has 0 saturated carbocycles. The number of carbonyl (C=O) groups excluding carboxylic acids is 1. The summed E-state index contributed by atoms with van der Waals surface area (Å²) in [6.45, 7) is 1.31. The fourth-order valence-electron chi connectivity index (χ4n) is 1.82. The number of thiazole rings is 1. The molecule has 1 unspecified atom stereocenters. The van der Waals surface area contributed by atoms with E-state index in [0.717, 1.165) is 13.0 Å². The third-order valence-corrected chi connectivity index (χ3v) is 3.52. The van der Waals surface area contributed by atoms with Crippen molar-refractivity contribution in [2.45, 2.75) is 12.5 Å². The molecule has 1 N–H and O–H groups in total. The Hall–Kier alpha value is -1.99. The first-order valence-corrected chi connectivity index (χ1v) is 7.10. The summed E-state index contributed by atoms with van der Waals surface area (Å²) < 4.78 is 10.9. The molecule has 1 amide bonds. The van der Waals surface area contributed by atoms with Gasteiger partial charge in [0.15, 0.2) is 5.13 Å². The molecule has 1 atom stereocenters. The summed E-state index contributed by atoms with van der Waals surface area (Å²) >= 11 is 1.37. The standard InChI is InChI=1S/C13H13N3O3S/c17-12(16-13-14-4-6-20-13)9-1-2-11(15-7-9)19-10-3-5-18-8-10/h1-2,4,6-7,10H,3,5,8H2,(H,14,16,17). The van der Waals surface area contributed by atoms with Gasteiger partial charge in [0.05, 0.1) is 18.8 Å². The van der Waals surface area contributed by atoms with E-state index in [-0.39, 0.29) is 12.0 Å². The summed E-state index contributed by atoms with van der Waals surface area (Å²) in [5.74, 6) is 0.273. The zero-order valence-electron chi connectivity index (χ0n) is 10.6. The van der Waals surface area contributed by atoms with Gasteiger partial charge in [0, 0.05) is 30.3 Å². The van der Waals surface area contributed by atoms with Crippen molar-refractivity contribution in [2.24, 2.45) is 0 Å². The molecule has 7 heteroatoms. The van der Waals surface area contributed by atoms with Crippen molar-refractivity contribution in [3.8, 4) is 5.88 Å². The quantitative estimate of drug-likeness (QED) is 0.932. The molecule has 104 valence electrons. The van der Waals surface area contributed by atoms with Gasteiger partial charge in [-0.25, -0.2) is 9.97 Å². The number of nitrogens with zero attached hydrogens (tertiary/aromatic N) is 2. The highest BCUT2D eigenvalue weighted by Gasteiger charge is 2.17.